The van der Waals surface area contributed by atoms with E-state index in [2.05, 4.69) is 9.72 Å². The summed E-state index contributed by atoms with van der Waals surface area (Å²) in [5, 5.41) is 12.2. The van der Waals surface area contributed by atoms with Crippen molar-refractivity contribution in [1.29, 1.82) is 0 Å². The average molecular weight is 221 g/mol. The first kappa shape index (κ1) is 11.0. The summed E-state index contributed by atoms with van der Waals surface area (Å²) >= 11 is 0. The maximum Gasteiger partial charge on any atom is 0.165 e. The van der Waals surface area contributed by atoms with E-state index >= 15 is 0 Å². The summed E-state index contributed by atoms with van der Waals surface area (Å²) in [6.07, 6.45) is 10.7. The molecule has 0 unspecified atom stereocenters. The predicted molar refractivity (Wildman–Crippen MR) is 63.5 cm³/mol. The Kier molecular flexibility index (Phi) is 3.17. The number of nitrogens with zero attached hydrogens (tertiary/aromatic N) is 2. The van der Waals surface area contributed by atoms with Crippen LogP contribution in [0.1, 0.15) is 38.5 Å². The average Bonchev–Trinajstić information content (AvgIpc) is 2.74. The Labute approximate surface area is 95.7 Å². The summed E-state index contributed by atoms with van der Waals surface area (Å²) in [4.78, 5) is 0. The second-order valence-electron chi connectivity index (χ2n) is 4.52. The highest BCUT2D eigenvalue weighted by Crippen LogP contribution is 2.34. The van der Waals surface area contributed by atoms with Crippen LogP contribution in [-0.4, -0.2) is 15.6 Å². The summed E-state index contributed by atoms with van der Waals surface area (Å²) in [5.74, 6) is 0.339. The van der Waals surface area contributed by atoms with Crippen LogP contribution < -0.4 is 5.73 Å². The lowest BCUT2D eigenvalue weighted by molar-refractivity contribution is 0.288. The molecule has 0 bridgehead atoms. The van der Waals surface area contributed by atoms with Crippen molar-refractivity contribution in [3.8, 4) is 0 Å². The number of amidine groups is 1. The van der Waals surface area contributed by atoms with Crippen molar-refractivity contribution in [2.24, 2.45) is 10.9 Å². The van der Waals surface area contributed by atoms with E-state index in [-0.39, 0.29) is 5.54 Å². The third-order valence-corrected chi connectivity index (χ3v) is 3.61. The maximum absolute atomic E-state index is 8.99. The molecule has 0 atom stereocenters. The minimum Gasteiger partial charge on any atom is -0.409 e. The lowest BCUT2D eigenvalue weighted by atomic mass is 9.88. The number of oxime groups is 1. The Morgan fingerprint density at radius 1 is 1.12 bits per heavy atom. The molecule has 1 saturated carbocycles. The maximum atomic E-state index is 8.99. The number of hydrogen-bond donors (Lipinski definition) is 2. The first-order chi connectivity index (χ1) is 7.79. The molecule has 1 aromatic rings. The molecule has 16 heavy (non-hydrogen) atoms. The van der Waals surface area contributed by atoms with Gasteiger partial charge in [-0.1, -0.05) is 30.8 Å². The zero-order chi connectivity index (χ0) is 11.4. The van der Waals surface area contributed by atoms with Crippen LogP contribution >= 0.6 is 0 Å². The van der Waals surface area contributed by atoms with Crippen LogP contribution in [0.3, 0.4) is 0 Å². The molecular weight excluding hydrogens is 202 g/mol. The van der Waals surface area contributed by atoms with Gasteiger partial charge in [0, 0.05) is 12.4 Å². The van der Waals surface area contributed by atoms with Crippen LogP contribution in [0.5, 0.6) is 0 Å². The van der Waals surface area contributed by atoms with Gasteiger partial charge in [0.2, 0.25) is 0 Å². The molecular formula is C12H19N3O. The zero-order valence-electron chi connectivity index (χ0n) is 9.47. The van der Waals surface area contributed by atoms with E-state index in [1.807, 2.05) is 24.5 Å². The van der Waals surface area contributed by atoms with Crippen LogP contribution in [0.4, 0.5) is 0 Å². The van der Waals surface area contributed by atoms with Crippen LogP contribution in [0.25, 0.3) is 0 Å². The fraction of sp³-hybridized carbons (Fsp3) is 0.583. The minimum atomic E-state index is -0.311. The van der Waals surface area contributed by atoms with Gasteiger partial charge in [0.25, 0.3) is 0 Å². The number of rotatable bonds is 2. The molecule has 4 heteroatoms. The van der Waals surface area contributed by atoms with Crippen molar-refractivity contribution in [2.45, 2.75) is 44.1 Å². The van der Waals surface area contributed by atoms with E-state index in [4.69, 9.17) is 10.9 Å². The van der Waals surface area contributed by atoms with Crippen molar-refractivity contribution in [3.63, 3.8) is 0 Å². The first-order valence-electron chi connectivity index (χ1n) is 5.91. The molecule has 1 aliphatic carbocycles. The van der Waals surface area contributed by atoms with Crippen LogP contribution in [0.2, 0.25) is 0 Å². The molecule has 2 rings (SSSR count). The second-order valence-corrected chi connectivity index (χ2v) is 4.52. The fourth-order valence-electron chi connectivity index (χ4n) is 2.67. The van der Waals surface area contributed by atoms with Crippen molar-refractivity contribution in [1.82, 2.24) is 4.57 Å². The van der Waals surface area contributed by atoms with E-state index in [1.54, 1.807) is 0 Å². The predicted octanol–water partition coefficient (Wildman–Crippen LogP) is 2.28. The lowest BCUT2D eigenvalue weighted by Gasteiger charge is -2.33. The van der Waals surface area contributed by atoms with Crippen molar-refractivity contribution in [2.75, 3.05) is 0 Å². The third kappa shape index (κ3) is 1.79. The van der Waals surface area contributed by atoms with E-state index in [0.717, 1.165) is 25.7 Å². The highest BCUT2D eigenvalue weighted by molar-refractivity contribution is 5.87. The molecule has 88 valence electrons. The Bertz CT molecular complexity index is 348. The Balaban J connectivity index is 2.38. The molecule has 0 radical (unpaired) electrons. The van der Waals surface area contributed by atoms with Gasteiger partial charge in [-0.25, -0.2) is 0 Å². The number of hydrogen-bond acceptors (Lipinski definition) is 2. The molecule has 1 heterocycles. The van der Waals surface area contributed by atoms with Gasteiger partial charge >= 0.3 is 0 Å². The fourth-order valence-corrected chi connectivity index (χ4v) is 2.67. The minimum absolute atomic E-state index is 0.311. The van der Waals surface area contributed by atoms with Gasteiger partial charge in [-0.3, -0.25) is 0 Å². The topological polar surface area (TPSA) is 63.5 Å². The molecule has 3 N–H and O–H groups in total. The smallest absolute Gasteiger partial charge is 0.165 e. The summed E-state index contributed by atoms with van der Waals surface area (Å²) in [6, 6.07) is 3.97. The monoisotopic (exact) mass is 221 g/mol. The summed E-state index contributed by atoms with van der Waals surface area (Å²) < 4.78 is 2.09. The standard InChI is InChI=1S/C12H19N3O/c13-11(14-16)12(15-9-5-6-10-15)7-3-1-2-4-8-12/h5-6,9-10,16H,1-4,7-8H2,(H2,13,14). The SMILES string of the molecule is NC(=NO)C1(n2cccc2)CCCCCC1. The molecule has 0 aromatic carbocycles. The molecule has 0 amide bonds. The molecule has 4 nitrogen and oxygen atoms in total. The number of nitrogens with two attached hydrogens (primary N) is 1. The summed E-state index contributed by atoms with van der Waals surface area (Å²) in [7, 11) is 0. The lowest BCUT2D eigenvalue weighted by Crippen LogP contribution is -2.45. The van der Waals surface area contributed by atoms with Crippen molar-refractivity contribution in [3.05, 3.63) is 24.5 Å². The molecule has 0 saturated heterocycles. The third-order valence-electron chi connectivity index (χ3n) is 3.61. The van der Waals surface area contributed by atoms with E-state index in [0.29, 0.717) is 5.84 Å². The van der Waals surface area contributed by atoms with Crippen molar-refractivity contribution >= 4 is 5.84 Å². The van der Waals surface area contributed by atoms with E-state index in [9.17, 15) is 0 Å². The van der Waals surface area contributed by atoms with Gasteiger partial charge in [-0.2, -0.15) is 0 Å². The van der Waals surface area contributed by atoms with E-state index < -0.39 is 0 Å². The molecule has 1 fully saturated rings. The molecule has 0 spiro atoms. The van der Waals surface area contributed by atoms with Crippen LogP contribution in [-0.2, 0) is 5.54 Å². The number of aromatic nitrogens is 1. The highest BCUT2D eigenvalue weighted by Gasteiger charge is 2.36. The molecule has 1 aromatic heterocycles. The van der Waals surface area contributed by atoms with E-state index in [1.165, 1.54) is 12.8 Å². The van der Waals surface area contributed by atoms with Crippen LogP contribution in [0.15, 0.2) is 29.7 Å². The zero-order valence-corrected chi connectivity index (χ0v) is 9.47. The first-order valence-corrected chi connectivity index (χ1v) is 5.91. The van der Waals surface area contributed by atoms with Gasteiger partial charge in [-0.05, 0) is 25.0 Å². The highest BCUT2D eigenvalue weighted by atomic mass is 16.4. The molecule has 0 aliphatic heterocycles. The molecule has 1 aliphatic rings. The Morgan fingerprint density at radius 2 is 1.69 bits per heavy atom. The quantitative estimate of drug-likeness (QED) is 0.264. The van der Waals surface area contributed by atoms with Gasteiger partial charge in [0.15, 0.2) is 5.84 Å². The Morgan fingerprint density at radius 3 is 2.19 bits per heavy atom. The summed E-state index contributed by atoms with van der Waals surface area (Å²) in [6.45, 7) is 0. The van der Waals surface area contributed by atoms with Crippen molar-refractivity contribution < 1.29 is 5.21 Å². The Hall–Kier alpha value is -1.45. The largest absolute Gasteiger partial charge is 0.409 e. The normalized spacial score (nSPS) is 21.6. The van der Waals surface area contributed by atoms with Crippen LogP contribution in [0, 0.1) is 0 Å². The van der Waals surface area contributed by atoms with Gasteiger partial charge < -0.3 is 15.5 Å². The van der Waals surface area contributed by atoms with Gasteiger partial charge in [0.05, 0.1) is 0 Å². The summed E-state index contributed by atoms with van der Waals surface area (Å²) in [5.41, 5.74) is 5.61. The van der Waals surface area contributed by atoms with Gasteiger partial charge in [-0.15, -0.1) is 0 Å². The van der Waals surface area contributed by atoms with Gasteiger partial charge in [0.1, 0.15) is 5.54 Å². The second kappa shape index (κ2) is 4.60.